The van der Waals surface area contributed by atoms with Crippen LogP contribution in [0.1, 0.15) is 73.6 Å². The molecule has 0 amide bonds. The third kappa shape index (κ3) is 5.69. The van der Waals surface area contributed by atoms with Crippen LogP contribution in [0, 0.1) is 0 Å². The van der Waals surface area contributed by atoms with Crippen LogP contribution in [0.5, 0.6) is 0 Å². The third-order valence-electron chi connectivity index (χ3n) is 5.84. The molecule has 1 aliphatic rings. The molecule has 1 rings (SSSR count). The Bertz CT molecular complexity index is 369. The minimum atomic E-state index is -1.35. The summed E-state index contributed by atoms with van der Waals surface area (Å²) < 4.78 is 0. The first-order chi connectivity index (χ1) is 10.5. The van der Waals surface area contributed by atoms with Gasteiger partial charge in [0.25, 0.3) is 0 Å². The van der Waals surface area contributed by atoms with Crippen molar-refractivity contribution in [2.75, 3.05) is 18.5 Å². The van der Waals surface area contributed by atoms with E-state index in [-0.39, 0.29) is 0 Å². The Morgan fingerprint density at radius 1 is 0.727 bits per heavy atom. The molecule has 0 saturated heterocycles. The fourth-order valence-electron chi connectivity index (χ4n) is 4.31. The van der Waals surface area contributed by atoms with Crippen molar-refractivity contribution in [3.8, 4) is 0 Å². The second-order valence-corrected chi connectivity index (χ2v) is 12.2. The van der Waals surface area contributed by atoms with Gasteiger partial charge in [0, 0.05) is 0 Å². The van der Waals surface area contributed by atoms with Crippen molar-refractivity contribution in [3.05, 3.63) is 34.9 Å². The Morgan fingerprint density at radius 2 is 1.09 bits per heavy atom. The van der Waals surface area contributed by atoms with E-state index < -0.39 is 7.26 Å². The van der Waals surface area contributed by atoms with Crippen LogP contribution in [0.4, 0.5) is 0 Å². The normalized spacial score (nSPS) is 20.4. The quantitative estimate of drug-likeness (QED) is 0.351. The molecule has 1 saturated carbocycles. The molecule has 0 atom stereocenters. The van der Waals surface area contributed by atoms with E-state index in [1.807, 2.05) is 0 Å². The Morgan fingerprint density at radius 3 is 1.41 bits per heavy atom. The van der Waals surface area contributed by atoms with Crippen molar-refractivity contribution in [3.63, 3.8) is 0 Å². The Kier molecular flexibility index (Phi) is 8.70. The zero-order valence-corrected chi connectivity index (χ0v) is 17.0. The van der Waals surface area contributed by atoms with Crippen molar-refractivity contribution in [2.24, 2.45) is 0 Å². The van der Waals surface area contributed by atoms with E-state index in [0.29, 0.717) is 0 Å². The van der Waals surface area contributed by atoms with Crippen LogP contribution in [0.15, 0.2) is 34.9 Å². The second-order valence-electron chi connectivity index (χ2n) is 7.63. The van der Waals surface area contributed by atoms with E-state index in [1.54, 1.807) is 16.7 Å². The van der Waals surface area contributed by atoms with Crippen molar-refractivity contribution in [1.29, 1.82) is 0 Å². The summed E-state index contributed by atoms with van der Waals surface area (Å²) in [5.41, 5.74) is 5.92. The predicted molar refractivity (Wildman–Crippen MR) is 108 cm³/mol. The summed E-state index contributed by atoms with van der Waals surface area (Å²) >= 11 is 0. The molecule has 22 heavy (non-hydrogen) atoms. The van der Waals surface area contributed by atoms with Gasteiger partial charge in [-0.2, -0.15) is 0 Å². The molecule has 0 spiro atoms. The molecule has 0 heterocycles. The van der Waals surface area contributed by atoms with Crippen molar-refractivity contribution < 1.29 is 0 Å². The van der Waals surface area contributed by atoms with E-state index in [2.05, 4.69) is 59.8 Å². The van der Waals surface area contributed by atoms with E-state index >= 15 is 0 Å². The van der Waals surface area contributed by atoms with Gasteiger partial charge >= 0.3 is 140 Å². The van der Waals surface area contributed by atoms with E-state index in [4.69, 9.17) is 0 Å². The molecule has 0 nitrogen and oxygen atoms in total. The van der Waals surface area contributed by atoms with Crippen LogP contribution >= 0.6 is 7.26 Å². The van der Waals surface area contributed by atoms with Crippen LogP contribution in [-0.2, 0) is 0 Å². The Balaban J connectivity index is 3.19. The summed E-state index contributed by atoms with van der Waals surface area (Å²) in [6.07, 6.45) is 18.7. The topological polar surface area (TPSA) is 0 Å². The molecule has 0 aromatic carbocycles. The van der Waals surface area contributed by atoms with Crippen molar-refractivity contribution >= 4 is 7.26 Å². The van der Waals surface area contributed by atoms with Gasteiger partial charge < -0.3 is 0 Å². The molecule has 0 aromatic rings. The monoisotopic (exact) mass is 322 g/mol. The predicted octanol–water partition coefficient (Wildman–Crippen LogP) is 6.97. The number of hydrogen-bond donors (Lipinski definition) is 0. The van der Waals surface area contributed by atoms with Gasteiger partial charge in [-0.3, -0.25) is 0 Å². The molecule has 0 N–H and O–H groups in total. The first kappa shape index (κ1) is 19.7. The Hall–Kier alpha value is -0.350. The maximum absolute atomic E-state index is 2.36. The van der Waals surface area contributed by atoms with Crippen LogP contribution in [-0.4, -0.2) is 24.1 Å². The van der Waals surface area contributed by atoms with Crippen LogP contribution < -0.4 is 0 Å². The van der Waals surface area contributed by atoms with Crippen molar-refractivity contribution in [1.82, 2.24) is 0 Å². The molecular weight excluding hydrogens is 283 g/mol. The average molecular weight is 323 g/mol. The molecule has 1 heteroatoms. The summed E-state index contributed by atoms with van der Waals surface area (Å²) in [5, 5.41) is 0. The van der Waals surface area contributed by atoms with Gasteiger partial charge in [0.05, 0.1) is 0 Å². The van der Waals surface area contributed by atoms with E-state index in [0.717, 1.165) is 5.66 Å². The Labute approximate surface area is 140 Å². The molecule has 0 aromatic heterocycles. The minimum absolute atomic E-state index is 1.03. The van der Waals surface area contributed by atoms with Gasteiger partial charge in [-0.25, -0.2) is 0 Å². The fraction of sp³-hybridized carbons (Fsp3) is 0.714. The van der Waals surface area contributed by atoms with Gasteiger partial charge in [0.1, 0.15) is 0 Å². The summed E-state index contributed by atoms with van der Waals surface area (Å²) in [6.45, 7) is 13.8. The first-order valence-electron chi connectivity index (χ1n) is 9.32. The number of hydrogen-bond acceptors (Lipinski definition) is 0. The summed E-state index contributed by atoms with van der Waals surface area (Å²) in [7, 11) is -1.35. The summed E-state index contributed by atoms with van der Waals surface area (Å²) in [6, 6.07) is 0. The molecule has 0 unspecified atom stereocenters. The SMILES string of the molecule is C/C=C(\C)C[PH](C/C(C)=C/C)(C/C(C)=C/C)C1CCCCC1. The van der Waals surface area contributed by atoms with E-state index in [1.165, 1.54) is 50.6 Å². The number of allylic oxidation sites excluding steroid dienone is 6. The van der Waals surface area contributed by atoms with E-state index in [9.17, 15) is 0 Å². The molecule has 1 aliphatic carbocycles. The second kappa shape index (κ2) is 9.71. The molecule has 128 valence electrons. The number of rotatable bonds is 7. The summed E-state index contributed by atoms with van der Waals surface area (Å²) in [5.74, 6) is 0. The fourth-order valence-corrected chi connectivity index (χ4v) is 11.1. The zero-order valence-electron chi connectivity index (χ0n) is 16.0. The maximum atomic E-state index is 2.36. The first-order valence-corrected chi connectivity index (χ1v) is 12.0. The zero-order chi connectivity index (χ0) is 16.6. The van der Waals surface area contributed by atoms with Crippen LogP contribution in [0.25, 0.3) is 0 Å². The van der Waals surface area contributed by atoms with Crippen molar-refractivity contribution in [2.45, 2.75) is 79.3 Å². The summed E-state index contributed by atoms with van der Waals surface area (Å²) in [4.78, 5) is 0. The van der Waals surface area contributed by atoms with Gasteiger partial charge in [-0.15, -0.1) is 0 Å². The van der Waals surface area contributed by atoms with Crippen LogP contribution in [0.3, 0.4) is 0 Å². The average Bonchev–Trinajstić information content (AvgIpc) is 2.54. The standard InChI is InChI=1S/C21H39P/c1-7-18(4)15-22(16-19(5)8-2,17-20(6)9-3)21-13-11-10-12-14-21/h7-9,21-22H,10-17H2,1-6H3/b18-7+,19-8+,20-9+. The van der Waals surface area contributed by atoms with Gasteiger partial charge in [-0.05, 0) is 0 Å². The molecule has 0 bridgehead atoms. The molecule has 1 fully saturated rings. The van der Waals surface area contributed by atoms with Gasteiger partial charge in [-0.1, -0.05) is 0 Å². The third-order valence-corrected chi connectivity index (χ3v) is 11.9. The molecule has 0 radical (unpaired) electrons. The van der Waals surface area contributed by atoms with Gasteiger partial charge in [0.15, 0.2) is 0 Å². The molecule has 0 aliphatic heterocycles. The molecular formula is C21H39P. The van der Waals surface area contributed by atoms with Crippen LogP contribution in [0.2, 0.25) is 0 Å². The van der Waals surface area contributed by atoms with Gasteiger partial charge in [0.2, 0.25) is 0 Å².